The average Bonchev–Trinajstić information content (AvgIpc) is 3.54. The van der Waals surface area contributed by atoms with Crippen LogP contribution in [0.1, 0.15) is 43.9 Å². The monoisotopic (exact) mass is 657 g/mol. The number of rotatable bonds is 8. The van der Waals surface area contributed by atoms with E-state index < -0.39 is 36.0 Å². The van der Waals surface area contributed by atoms with E-state index in [0.29, 0.717) is 28.5 Å². The largest absolute Gasteiger partial charge is 0.480 e. The van der Waals surface area contributed by atoms with Gasteiger partial charge in [-0.25, -0.2) is 0 Å². The molecule has 0 saturated carbocycles. The lowest BCUT2D eigenvalue weighted by Crippen LogP contribution is -2.54. The molecule has 0 aromatic heterocycles. The molecule has 5 rings (SSSR count). The zero-order chi connectivity index (χ0) is 33.9. The van der Waals surface area contributed by atoms with Crippen molar-refractivity contribution in [2.24, 2.45) is 5.92 Å². The fourth-order valence-electron chi connectivity index (χ4n) is 5.29. The van der Waals surface area contributed by atoms with E-state index in [1.165, 1.54) is 6.92 Å². The van der Waals surface area contributed by atoms with Crippen LogP contribution in [0.4, 0.5) is 5.69 Å². The molecule has 12 heteroatoms. The molecule has 3 aromatic rings. The van der Waals surface area contributed by atoms with Gasteiger partial charge >= 0.3 is 5.97 Å². The van der Waals surface area contributed by atoms with Crippen molar-refractivity contribution in [3.8, 4) is 17.2 Å². The van der Waals surface area contributed by atoms with E-state index in [0.717, 1.165) is 5.56 Å². The Balaban J connectivity index is 1.42. The van der Waals surface area contributed by atoms with Crippen LogP contribution in [-0.2, 0) is 35.3 Å². The molecule has 0 aliphatic carbocycles. The summed E-state index contributed by atoms with van der Waals surface area (Å²) >= 11 is 0. The lowest BCUT2D eigenvalue weighted by molar-refractivity contribution is -0.144. The summed E-state index contributed by atoms with van der Waals surface area (Å²) in [6, 6.07) is 19.8. The summed E-state index contributed by atoms with van der Waals surface area (Å²) < 4.78 is 28.2. The summed E-state index contributed by atoms with van der Waals surface area (Å²) in [6.07, 6.45) is 2.39. The number of hydrogen-bond donors (Lipinski definition) is 3. The van der Waals surface area contributed by atoms with Gasteiger partial charge in [-0.05, 0) is 41.3 Å². The highest BCUT2D eigenvalue weighted by atomic mass is 16.7. The predicted molar refractivity (Wildman–Crippen MR) is 175 cm³/mol. The standard InChI is InChI=1S/C36H39N3O9/c1-23-8-6-13-33(41)45-17-16-31(48-28-14-15-30-32(19-28)47-22-46-30)36(43)38-29(21-44-20-25-9-4-3-5-10-25)35(42)39-34(23)26-11-7-12-27(18-26)37-24(2)40/h3-12,14-15,18-19,23,29,31,34H,13,16-17,20-22H2,1-2H3,(H,37,40)(H,38,43)(H,39,42)/b8-6+/t23-,29-,31?,34+/m0/s1. The van der Waals surface area contributed by atoms with Crippen LogP contribution in [0.5, 0.6) is 17.2 Å². The SMILES string of the molecule is CC(=O)Nc1cccc([C@@H]2NC(=O)[C@H](COCc3ccccc3)NC(=O)C(Oc3ccc4c(c3)OCO4)CCOC(=O)C/C=C/[C@@H]2C)c1. The molecular weight excluding hydrogens is 618 g/mol. The van der Waals surface area contributed by atoms with Gasteiger partial charge in [-0.15, -0.1) is 0 Å². The molecule has 0 saturated heterocycles. The lowest BCUT2D eigenvalue weighted by Gasteiger charge is -2.28. The van der Waals surface area contributed by atoms with E-state index >= 15 is 0 Å². The van der Waals surface area contributed by atoms with Crippen molar-refractivity contribution in [3.05, 3.63) is 96.1 Å². The topological polar surface area (TPSA) is 151 Å². The van der Waals surface area contributed by atoms with Crippen molar-refractivity contribution in [3.63, 3.8) is 0 Å². The number of fused-ring (bicyclic) bond motifs is 1. The number of hydrogen-bond acceptors (Lipinski definition) is 9. The molecule has 48 heavy (non-hydrogen) atoms. The second-order valence-corrected chi connectivity index (χ2v) is 11.5. The molecule has 3 amide bonds. The molecule has 0 bridgehead atoms. The van der Waals surface area contributed by atoms with Gasteiger partial charge in [0.05, 0.1) is 32.3 Å². The van der Waals surface area contributed by atoms with Crippen LogP contribution >= 0.6 is 0 Å². The fraction of sp³-hybridized carbons (Fsp3) is 0.333. The first kappa shape index (κ1) is 34.0. The van der Waals surface area contributed by atoms with Crippen molar-refractivity contribution in [2.45, 2.75) is 51.5 Å². The minimum atomic E-state index is -1.13. The molecule has 2 aliphatic heterocycles. The van der Waals surface area contributed by atoms with Crippen LogP contribution in [0.3, 0.4) is 0 Å². The smallest absolute Gasteiger partial charge is 0.309 e. The second kappa shape index (κ2) is 16.5. The first-order valence-electron chi connectivity index (χ1n) is 15.7. The van der Waals surface area contributed by atoms with Gasteiger partial charge in [-0.2, -0.15) is 0 Å². The molecule has 0 fully saturated rings. The quantitative estimate of drug-likeness (QED) is 0.239. The minimum absolute atomic E-state index is 0.00717. The molecule has 12 nitrogen and oxygen atoms in total. The van der Waals surface area contributed by atoms with Gasteiger partial charge in [0, 0.05) is 25.1 Å². The van der Waals surface area contributed by atoms with Gasteiger partial charge < -0.3 is 39.6 Å². The third-order valence-electron chi connectivity index (χ3n) is 7.70. The molecule has 0 spiro atoms. The van der Waals surface area contributed by atoms with Gasteiger partial charge in [0.15, 0.2) is 17.6 Å². The molecule has 2 aliphatic rings. The Bertz CT molecular complexity index is 1630. The first-order valence-corrected chi connectivity index (χ1v) is 15.7. The number of ether oxygens (including phenoxy) is 5. The Hall–Kier alpha value is -5.36. The van der Waals surface area contributed by atoms with E-state index in [4.69, 9.17) is 23.7 Å². The Morgan fingerprint density at radius 1 is 0.917 bits per heavy atom. The Labute approximate surface area is 278 Å². The normalized spacial score (nSPS) is 22.2. The first-order chi connectivity index (χ1) is 23.2. The van der Waals surface area contributed by atoms with Crippen molar-refractivity contribution in [1.82, 2.24) is 10.6 Å². The third-order valence-corrected chi connectivity index (χ3v) is 7.70. The number of carbonyl (C=O) groups excluding carboxylic acids is 4. The highest BCUT2D eigenvalue weighted by molar-refractivity contribution is 5.90. The van der Waals surface area contributed by atoms with Crippen LogP contribution in [0, 0.1) is 5.92 Å². The summed E-state index contributed by atoms with van der Waals surface area (Å²) in [6.45, 7) is 3.37. The van der Waals surface area contributed by atoms with Gasteiger partial charge in [0.1, 0.15) is 11.8 Å². The highest BCUT2D eigenvalue weighted by Crippen LogP contribution is 2.35. The fourth-order valence-corrected chi connectivity index (χ4v) is 5.29. The van der Waals surface area contributed by atoms with Crippen molar-refractivity contribution in [2.75, 3.05) is 25.3 Å². The molecule has 0 radical (unpaired) electrons. The third kappa shape index (κ3) is 9.58. The Morgan fingerprint density at radius 2 is 1.73 bits per heavy atom. The van der Waals surface area contributed by atoms with E-state index in [1.54, 1.807) is 42.5 Å². The van der Waals surface area contributed by atoms with E-state index in [-0.39, 0.29) is 51.3 Å². The van der Waals surface area contributed by atoms with Gasteiger partial charge in [0.25, 0.3) is 5.91 Å². The van der Waals surface area contributed by atoms with E-state index in [2.05, 4.69) is 16.0 Å². The number of nitrogens with one attached hydrogen (secondary N) is 3. The molecule has 2 heterocycles. The summed E-state index contributed by atoms with van der Waals surface area (Å²) in [4.78, 5) is 52.1. The maximum absolute atomic E-state index is 14.0. The summed E-state index contributed by atoms with van der Waals surface area (Å²) in [5, 5.41) is 8.65. The summed E-state index contributed by atoms with van der Waals surface area (Å²) in [7, 11) is 0. The van der Waals surface area contributed by atoms with Crippen molar-refractivity contribution >= 4 is 29.4 Å². The van der Waals surface area contributed by atoms with Crippen LogP contribution < -0.4 is 30.2 Å². The van der Waals surface area contributed by atoms with Crippen LogP contribution in [0.25, 0.3) is 0 Å². The number of esters is 1. The Morgan fingerprint density at radius 3 is 2.54 bits per heavy atom. The molecule has 252 valence electrons. The second-order valence-electron chi connectivity index (χ2n) is 11.5. The summed E-state index contributed by atoms with van der Waals surface area (Å²) in [5.74, 6) is -0.749. The molecular formula is C36H39N3O9. The highest BCUT2D eigenvalue weighted by Gasteiger charge is 2.31. The summed E-state index contributed by atoms with van der Waals surface area (Å²) in [5.41, 5.74) is 2.17. The van der Waals surface area contributed by atoms with E-state index in [9.17, 15) is 19.2 Å². The number of carbonyl (C=O) groups is 4. The van der Waals surface area contributed by atoms with Crippen LogP contribution in [-0.4, -0.2) is 55.8 Å². The van der Waals surface area contributed by atoms with Crippen molar-refractivity contribution < 1.29 is 42.9 Å². The van der Waals surface area contributed by atoms with Gasteiger partial charge in [-0.3, -0.25) is 19.2 Å². The van der Waals surface area contributed by atoms with Crippen molar-refractivity contribution in [1.29, 1.82) is 0 Å². The lowest BCUT2D eigenvalue weighted by atomic mass is 9.93. The number of amides is 3. The zero-order valence-electron chi connectivity index (χ0n) is 26.8. The van der Waals surface area contributed by atoms with Crippen LogP contribution in [0.2, 0.25) is 0 Å². The number of anilines is 1. The number of cyclic esters (lactones) is 1. The molecule has 1 unspecified atom stereocenters. The Kier molecular flexibility index (Phi) is 11.7. The predicted octanol–water partition coefficient (Wildman–Crippen LogP) is 4.21. The molecule has 3 aromatic carbocycles. The zero-order valence-corrected chi connectivity index (χ0v) is 26.8. The maximum Gasteiger partial charge on any atom is 0.309 e. The maximum atomic E-state index is 14.0. The van der Waals surface area contributed by atoms with Gasteiger partial charge in [-0.1, -0.05) is 61.5 Å². The molecule has 4 atom stereocenters. The van der Waals surface area contributed by atoms with Crippen LogP contribution in [0.15, 0.2) is 84.9 Å². The molecule has 3 N–H and O–H groups in total. The minimum Gasteiger partial charge on any atom is -0.480 e. The number of benzene rings is 3. The van der Waals surface area contributed by atoms with Gasteiger partial charge in [0.2, 0.25) is 18.6 Å². The average molecular weight is 658 g/mol. The van der Waals surface area contributed by atoms with E-state index in [1.807, 2.05) is 49.4 Å².